The fourth-order valence-electron chi connectivity index (χ4n) is 4.14. The first-order valence-electron chi connectivity index (χ1n) is 8.34. The van der Waals surface area contributed by atoms with E-state index in [1.807, 2.05) is 0 Å². The topological polar surface area (TPSA) is 38.0 Å². The number of hydrogen-bond acceptors (Lipinski definition) is 2. The summed E-state index contributed by atoms with van der Waals surface area (Å²) in [5, 5.41) is 3.93. The average molecular weight is 272 g/mol. The van der Waals surface area contributed by atoms with Crippen LogP contribution in [0, 0.1) is 0 Å². The Morgan fingerprint density at radius 3 is 2.25 bits per heavy atom. The number of nitrogens with one attached hydrogen (secondary N) is 1. The molecule has 0 amide bonds. The Morgan fingerprint density at radius 1 is 1.00 bits per heavy atom. The normalized spacial score (nSPS) is 31.6. The lowest BCUT2D eigenvalue weighted by molar-refractivity contribution is 0.200. The highest BCUT2D eigenvalue weighted by atomic mass is 15.0. The molecule has 0 spiro atoms. The Hall–Kier alpha value is -0.860. The maximum atomic E-state index is 6.14. The minimum absolute atomic E-state index is 0.223. The minimum atomic E-state index is 0.223. The molecule has 2 fully saturated rings. The molecule has 3 N–H and O–H groups in total. The molecule has 2 nitrogen and oxygen atoms in total. The molecule has 110 valence electrons. The first kappa shape index (κ1) is 14.1. The van der Waals surface area contributed by atoms with Crippen molar-refractivity contribution in [2.75, 3.05) is 6.54 Å². The summed E-state index contributed by atoms with van der Waals surface area (Å²) < 4.78 is 0. The van der Waals surface area contributed by atoms with Crippen LogP contribution in [0.3, 0.4) is 0 Å². The summed E-state index contributed by atoms with van der Waals surface area (Å²) in [7, 11) is 0. The fraction of sp³-hybridized carbons (Fsp3) is 0.667. The van der Waals surface area contributed by atoms with E-state index >= 15 is 0 Å². The predicted molar refractivity (Wildman–Crippen MR) is 84.8 cm³/mol. The zero-order chi connectivity index (χ0) is 13.8. The van der Waals surface area contributed by atoms with Crippen molar-refractivity contribution in [3.63, 3.8) is 0 Å². The maximum Gasteiger partial charge on any atom is 0.0306 e. The average Bonchev–Trinajstić information content (AvgIpc) is 3.02. The summed E-state index contributed by atoms with van der Waals surface area (Å²) in [6, 6.07) is 11.7. The van der Waals surface area contributed by atoms with E-state index < -0.39 is 0 Å². The highest BCUT2D eigenvalue weighted by Crippen LogP contribution is 2.38. The third kappa shape index (κ3) is 3.07. The fourth-order valence-corrected chi connectivity index (χ4v) is 4.14. The van der Waals surface area contributed by atoms with Gasteiger partial charge in [0.2, 0.25) is 0 Å². The van der Waals surface area contributed by atoms with Gasteiger partial charge in [0.1, 0.15) is 0 Å². The number of hydrogen-bond donors (Lipinski definition) is 2. The van der Waals surface area contributed by atoms with Crippen molar-refractivity contribution in [1.82, 2.24) is 5.32 Å². The monoisotopic (exact) mass is 272 g/mol. The molecule has 2 heteroatoms. The third-order valence-corrected chi connectivity index (χ3v) is 5.47. The molecule has 0 unspecified atom stereocenters. The maximum absolute atomic E-state index is 6.14. The Bertz CT molecular complexity index is 401. The summed E-state index contributed by atoms with van der Waals surface area (Å²) in [6.07, 6.45) is 10.5. The Labute approximate surface area is 123 Å². The smallest absolute Gasteiger partial charge is 0.0306 e. The van der Waals surface area contributed by atoms with Crippen LogP contribution in [-0.4, -0.2) is 18.1 Å². The molecule has 20 heavy (non-hydrogen) atoms. The van der Waals surface area contributed by atoms with Crippen LogP contribution in [-0.2, 0) is 0 Å². The van der Waals surface area contributed by atoms with Gasteiger partial charge in [-0.1, -0.05) is 43.2 Å². The van der Waals surface area contributed by atoms with Crippen molar-refractivity contribution in [2.45, 2.75) is 68.9 Å². The molecule has 0 bridgehead atoms. The Kier molecular flexibility index (Phi) is 4.42. The number of rotatable bonds is 4. The summed E-state index contributed by atoms with van der Waals surface area (Å²) in [5.74, 6) is 0.737. The Morgan fingerprint density at radius 2 is 1.65 bits per heavy atom. The van der Waals surface area contributed by atoms with Gasteiger partial charge in [0, 0.05) is 18.1 Å². The molecule has 0 radical (unpaired) electrons. The van der Waals surface area contributed by atoms with Crippen molar-refractivity contribution >= 4 is 0 Å². The molecule has 2 saturated carbocycles. The first-order valence-corrected chi connectivity index (χ1v) is 8.34. The van der Waals surface area contributed by atoms with E-state index in [0.29, 0.717) is 0 Å². The molecule has 2 aliphatic rings. The largest absolute Gasteiger partial charge is 0.329 e. The zero-order valence-corrected chi connectivity index (χ0v) is 12.5. The quantitative estimate of drug-likeness (QED) is 0.879. The molecule has 0 aromatic heterocycles. The summed E-state index contributed by atoms with van der Waals surface area (Å²) in [4.78, 5) is 0. The molecule has 1 aromatic rings. The van der Waals surface area contributed by atoms with Gasteiger partial charge in [-0.05, 0) is 50.0 Å². The van der Waals surface area contributed by atoms with E-state index in [1.54, 1.807) is 0 Å². The van der Waals surface area contributed by atoms with Gasteiger partial charge >= 0.3 is 0 Å². The van der Waals surface area contributed by atoms with E-state index in [0.717, 1.165) is 18.5 Å². The molecule has 0 saturated heterocycles. The van der Waals surface area contributed by atoms with Crippen molar-refractivity contribution in [2.24, 2.45) is 5.73 Å². The van der Waals surface area contributed by atoms with Crippen LogP contribution in [0.2, 0.25) is 0 Å². The van der Waals surface area contributed by atoms with Gasteiger partial charge in [0.15, 0.2) is 0 Å². The number of benzene rings is 1. The van der Waals surface area contributed by atoms with Crippen LogP contribution in [0.1, 0.15) is 62.8 Å². The van der Waals surface area contributed by atoms with Crippen molar-refractivity contribution in [3.05, 3.63) is 35.9 Å². The van der Waals surface area contributed by atoms with Crippen LogP contribution in [0.4, 0.5) is 0 Å². The lowest BCUT2D eigenvalue weighted by Gasteiger charge is -2.42. The third-order valence-electron chi connectivity index (χ3n) is 5.47. The summed E-state index contributed by atoms with van der Waals surface area (Å²) >= 11 is 0. The second-order valence-electron chi connectivity index (χ2n) is 6.80. The van der Waals surface area contributed by atoms with E-state index in [2.05, 4.69) is 35.6 Å². The molecule has 0 atom stereocenters. The van der Waals surface area contributed by atoms with Crippen LogP contribution in [0.25, 0.3) is 0 Å². The van der Waals surface area contributed by atoms with Crippen LogP contribution >= 0.6 is 0 Å². The first-order chi connectivity index (χ1) is 9.81. The molecule has 2 aliphatic carbocycles. The molecular weight excluding hydrogens is 244 g/mol. The lowest BCUT2D eigenvalue weighted by atomic mass is 9.73. The van der Waals surface area contributed by atoms with E-state index in [4.69, 9.17) is 5.73 Å². The summed E-state index contributed by atoms with van der Waals surface area (Å²) in [6.45, 7) is 0.797. The van der Waals surface area contributed by atoms with Crippen molar-refractivity contribution in [3.8, 4) is 0 Å². The lowest BCUT2D eigenvalue weighted by Crippen LogP contribution is -2.56. The van der Waals surface area contributed by atoms with E-state index in [-0.39, 0.29) is 5.54 Å². The summed E-state index contributed by atoms with van der Waals surface area (Å²) in [5.41, 5.74) is 7.87. The minimum Gasteiger partial charge on any atom is -0.329 e. The molecule has 0 heterocycles. The van der Waals surface area contributed by atoms with Gasteiger partial charge in [0.25, 0.3) is 0 Å². The zero-order valence-electron chi connectivity index (χ0n) is 12.5. The van der Waals surface area contributed by atoms with Gasteiger partial charge < -0.3 is 11.1 Å². The molecule has 0 aliphatic heterocycles. The van der Waals surface area contributed by atoms with Gasteiger partial charge in [-0.3, -0.25) is 0 Å². The van der Waals surface area contributed by atoms with Crippen LogP contribution in [0.15, 0.2) is 30.3 Å². The molecular formula is C18H28N2. The highest BCUT2D eigenvalue weighted by Gasteiger charge is 2.36. The van der Waals surface area contributed by atoms with Crippen molar-refractivity contribution < 1.29 is 0 Å². The van der Waals surface area contributed by atoms with Crippen molar-refractivity contribution in [1.29, 1.82) is 0 Å². The van der Waals surface area contributed by atoms with Gasteiger partial charge in [-0.2, -0.15) is 0 Å². The molecule has 3 rings (SSSR count). The second kappa shape index (κ2) is 6.28. The second-order valence-corrected chi connectivity index (χ2v) is 6.80. The van der Waals surface area contributed by atoms with Crippen LogP contribution in [0.5, 0.6) is 0 Å². The van der Waals surface area contributed by atoms with Gasteiger partial charge in [0.05, 0.1) is 0 Å². The van der Waals surface area contributed by atoms with E-state index in [9.17, 15) is 0 Å². The van der Waals surface area contributed by atoms with E-state index in [1.165, 1.54) is 56.9 Å². The van der Waals surface area contributed by atoms with Crippen LogP contribution < -0.4 is 11.1 Å². The standard InChI is InChI=1S/C18H28N2/c19-14-18(20-17-8-4-5-9-17)12-10-16(11-13-18)15-6-2-1-3-7-15/h1-3,6-7,16-17,20H,4-5,8-14,19H2. The highest BCUT2D eigenvalue weighted by molar-refractivity contribution is 5.20. The Balaban J connectivity index is 1.60. The molecule has 1 aromatic carbocycles. The predicted octanol–water partition coefficient (Wildman–Crippen LogP) is 3.57. The van der Waals surface area contributed by atoms with Gasteiger partial charge in [-0.15, -0.1) is 0 Å². The number of nitrogens with two attached hydrogens (primary N) is 1. The SMILES string of the molecule is NCC1(NC2CCCC2)CCC(c2ccccc2)CC1. The van der Waals surface area contributed by atoms with Gasteiger partial charge in [-0.25, -0.2) is 0 Å².